The van der Waals surface area contributed by atoms with Crippen LogP contribution in [0.25, 0.3) is 0 Å². The third-order valence-corrected chi connectivity index (χ3v) is 4.54. The number of hydrogen-bond donors (Lipinski definition) is 2. The Hall–Kier alpha value is -2.73. The van der Waals surface area contributed by atoms with Crippen LogP contribution >= 0.6 is 11.6 Å². The van der Waals surface area contributed by atoms with Crippen LogP contribution in [0.2, 0.25) is 5.02 Å². The van der Waals surface area contributed by atoms with Gasteiger partial charge in [-0.05, 0) is 41.3 Å². The quantitative estimate of drug-likeness (QED) is 0.785. The highest BCUT2D eigenvalue weighted by Crippen LogP contribution is 2.35. The van der Waals surface area contributed by atoms with Crippen LogP contribution in [0.5, 0.6) is 11.5 Å². The van der Waals surface area contributed by atoms with E-state index in [2.05, 4.69) is 5.32 Å². The number of carbonyl (C=O) groups is 2. The van der Waals surface area contributed by atoms with Crippen molar-refractivity contribution < 1.29 is 19.4 Å². The lowest BCUT2D eigenvalue weighted by Gasteiger charge is -2.29. The van der Waals surface area contributed by atoms with E-state index < -0.39 is 5.91 Å². The molecule has 0 aliphatic carbocycles. The molecule has 0 spiro atoms. The maximum atomic E-state index is 12.5. The predicted molar refractivity (Wildman–Crippen MR) is 105 cm³/mol. The Labute approximate surface area is 162 Å². The lowest BCUT2D eigenvalue weighted by molar-refractivity contribution is -0.123. The molecular formula is C20H21ClN2O4. The van der Waals surface area contributed by atoms with Crippen molar-refractivity contribution in [2.24, 2.45) is 0 Å². The van der Waals surface area contributed by atoms with E-state index >= 15 is 0 Å². The fraction of sp³-hybridized carbons (Fsp3) is 0.300. The zero-order valence-electron chi connectivity index (χ0n) is 15.4. The summed E-state index contributed by atoms with van der Waals surface area (Å²) in [6, 6.07) is 10.00. The van der Waals surface area contributed by atoms with E-state index in [-0.39, 0.29) is 30.2 Å². The second-order valence-corrected chi connectivity index (χ2v) is 7.85. The Morgan fingerprint density at radius 3 is 2.70 bits per heavy atom. The summed E-state index contributed by atoms with van der Waals surface area (Å²) in [6.07, 6.45) is 0. The average Bonchev–Trinajstić information content (AvgIpc) is 2.58. The van der Waals surface area contributed by atoms with Crippen LogP contribution in [0.4, 0.5) is 11.4 Å². The molecule has 0 radical (unpaired) electrons. The summed E-state index contributed by atoms with van der Waals surface area (Å²) in [5.74, 6) is -0.317. The number of nitrogens with one attached hydrogen (secondary N) is 1. The summed E-state index contributed by atoms with van der Waals surface area (Å²) >= 11 is 6.01. The number of aromatic hydroxyl groups is 1. The van der Waals surface area contributed by atoms with Crippen LogP contribution < -0.4 is 15.0 Å². The molecule has 27 heavy (non-hydrogen) atoms. The average molecular weight is 389 g/mol. The molecule has 6 nitrogen and oxygen atoms in total. The highest BCUT2D eigenvalue weighted by Gasteiger charge is 2.28. The van der Waals surface area contributed by atoms with Gasteiger partial charge in [-0.15, -0.1) is 0 Å². The third kappa shape index (κ3) is 4.17. The standard InChI is InChI=1S/C20H21ClN2O4/c1-20(2,3)12-4-6-16(24)14(8-12)22-18(25)10-23-15-9-13(21)5-7-17(15)27-11-19(23)26/h4-9,24H,10-11H2,1-3H3,(H,22,25). The Morgan fingerprint density at radius 1 is 1.26 bits per heavy atom. The lowest BCUT2D eigenvalue weighted by atomic mass is 9.87. The van der Waals surface area contributed by atoms with Crippen molar-refractivity contribution in [3.8, 4) is 11.5 Å². The minimum Gasteiger partial charge on any atom is -0.506 e. The number of carbonyl (C=O) groups excluding carboxylic acids is 2. The molecular weight excluding hydrogens is 368 g/mol. The van der Waals surface area contributed by atoms with Crippen LogP contribution in [0.3, 0.4) is 0 Å². The molecule has 0 saturated carbocycles. The zero-order valence-corrected chi connectivity index (χ0v) is 16.1. The summed E-state index contributed by atoms with van der Waals surface area (Å²) in [5, 5.41) is 13.2. The van der Waals surface area contributed by atoms with Crippen LogP contribution in [0, 0.1) is 0 Å². The summed E-state index contributed by atoms with van der Waals surface area (Å²) in [5.41, 5.74) is 1.58. The molecule has 0 atom stereocenters. The van der Waals surface area contributed by atoms with Gasteiger partial charge in [0.15, 0.2) is 6.61 Å². The van der Waals surface area contributed by atoms with Crippen molar-refractivity contribution in [1.29, 1.82) is 0 Å². The molecule has 3 rings (SSSR count). The summed E-state index contributed by atoms with van der Waals surface area (Å²) in [6.45, 7) is 5.76. The number of hydrogen-bond acceptors (Lipinski definition) is 4. The number of ether oxygens (including phenoxy) is 1. The first-order valence-corrected chi connectivity index (χ1v) is 8.89. The summed E-state index contributed by atoms with van der Waals surface area (Å²) < 4.78 is 5.37. The minimum atomic E-state index is -0.433. The van der Waals surface area contributed by atoms with E-state index in [4.69, 9.17) is 16.3 Å². The van der Waals surface area contributed by atoms with Crippen molar-refractivity contribution in [2.75, 3.05) is 23.4 Å². The number of rotatable bonds is 3. The molecule has 0 fully saturated rings. The lowest BCUT2D eigenvalue weighted by Crippen LogP contribution is -2.43. The van der Waals surface area contributed by atoms with E-state index in [1.807, 2.05) is 26.8 Å². The number of phenolic OH excluding ortho intramolecular Hbond substituents is 1. The Kier molecular flexibility index (Phi) is 5.02. The van der Waals surface area contributed by atoms with Gasteiger partial charge in [0.25, 0.3) is 5.91 Å². The molecule has 2 amide bonds. The van der Waals surface area contributed by atoms with E-state index in [9.17, 15) is 14.7 Å². The monoisotopic (exact) mass is 388 g/mol. The highest BCUT2D eigenvalue weighted by molar-refractivity contribution is 6.31. The van der Waals surface area contributed by atoms with Gasteiger partial charge in [-0.3, -0.25) is 14.5 Å². The van der Waals surface area contributed by atoms with Gasteiger partial charge in [-0.2, -0.15) is 0 Å². The molecule has 1 aliphatic rings. The van der Waals surface area contributed by atoms with Gasteiger partial charge < -0.3 is 15.2 Å². The van der Waals surface area contributed by atoms with E-state index in [0.717, 1.165) is 5.56 Å². The van der Waals surface area contributed by atoms with Crippen molar-refractivity contribution in [3.05, 3.63) is 47.0 Å². The van der Waals surface area contributed by atoms with Crippen LogP contribution in [-0.2, 0) is 15.0 Å². The maximum absolute atomic E-state index is 12.5. The molecule has 0 saturated heterocycles. The zero-order chi connectivity index (χ0) is 19.8. The molecule has 0 aromatic heterocycles. The van der Waals surface area contributed by atoms with Crippen LogP contribution in [0.15, 0.2) is 36.4 Å². The first kappa shape index (κ1) is 19.0. The largest absolute Gasteiger partial charge is 0.506 e. The van der Waals surface area contributed by atoms with Gasteiger partial charge in [-0.25, -0.2) is 0 Å². The number of benzene rings is 2. The van der Waals surface area contributed by atoms with Crippen molar-refractivity contribution in [3.63, 3.8) is 0 Å². The molecule has 0 unspecified atom stereocenters. The van der Waals surface area contributed by atoms with Gasteiger partial charge in [-0.1, -0.05) is 38.4 Å². The van der Waals surface area contributed by atoms with E-state index in [1.165, 1.54) is 4.90 Å². The first-order chi connectivity index (χ1) is 12.6. The molecule has 2 aromatic rings. The number of nitrogens with zero attached hydrogens (tertiary/aromatic N) is 1. The SMILES string of the molecule is CC(C)(C)c1ccc(O)c(NC(=O)CN2C(=O)COc3ccc(Cl)cc32)c1. The maximum Gasteiger partial charge on any atom is 0.265 e. The molecule has 2 aromatic carbocycles. The summed E-state index contributed by atoms with van der Waals surface area (Å²) in [7, 11) is 0. The Morgan fingerprint density at radius 2 is 2.00 bits per heavy atom. The fourth-order valence-corrected chi connectivity index (χ4v) is 2.95. The number of phenols is 1. The van der Waals surface area contributed by atoms with Gasteiger partial charge in [0.1, 0.15) is 18.0 Å². The van der Waals surface area contributed by atoms with Crippen LogP contribution in [0.1, 0.15) is 26.3 Å². The number of anilines is 2. The predicted octanol–water partition coefficient (Wildman–Crippen LogP) is 3.71. The van der Waals surface area contributed by atoms with Gasteiger partial charge in [0.2, 0.25) is 5.91 Å². The number of halogens is 1. The third-order valence-electron chi connectivity index (χ3n) is 4.30. The molecule has 142 valence electrons. The number of fused-ring (bicyclic) bond motifs is 1. The van der Waals surface area contributed by atoms with Crippen LogP contribution in [-0.4, -0.2) is 30.1 Å². The highest BCUT2D eigenvalue weighted by atomic mass is 35.5. The summed E-state index contributed by atoms with van der Waals surface area (Å²) in [4.78, 5) is 26.1. The van der Waals surface area contributed by atoms with E-state index in [1.54, 1.807) is 30.3 Å². The smallest absolute Gasteiger partial charge is 0.265 e. The molecule has 2 N–H and O–H groups in total. The topological polar surface area (TPSA) is 78.9 Å². The Bertz CT molecular complexity index is 905. The van der Waals surface area contributed by atoms with Gasteiger partial charge in [0.05, 0.1) is 11.4 Å². The van der Waals surface area contributed by atoms with Crippen molar-refractivity contribution in [2.45, 2.75) is 26.2 Å². The van der Waals surface area contributed by atoms with E-state index in [0.29, 0.717) is 22.1 Å². The number of amides is 2. The minimum absolute atomic E-state index is 0.0342. The molecule has 0 bridgehead atoms. The second kappa shape index (κ2) is 7.12. The van der Waals surface area contributed by atoms with Gasteiger partial charge in [0, 0.05) is 5.02 Å². The normalized spacial score (nSPS) is 13.8. The second-order valence-electron chi connectivity index (χ2n) is 7.41. The molecule has 7 heteroatoms. The van der Waals surface area contributed by atoms with Gasteiger partial charge >= 0.3 is 0 Å². The fourth-order valence-electron chi connectivity index (χ4n) is 2.78. The van der Waals surface area contributed by atoms with Crippen molar-refractivity contribution in [1.82, 2.24) is 0 Å². The molecule has 1 heterocycles. The Balaban J connectivity index is 1.81. The molecule has 1 aliphatic heterocycles. The van der Waals surface area contributed by atoms with Crippen molar-refractivity contribution >= 4 is 34.8 Å². The first-order valence-electron chi connectivity index (χ1n) is 8.51.